The minimum Gasteiger partial charge on any atom is -0.229 e. The molecule has 1 heterocycles. The highest BCUT2D eigenvalue weighted by Gasteiger charge is 2.13. The van der Waals surface area contributed by atoms with Gasteiger partial charge in [0.15, 0.2) is 11.0 Å². The summed E-state index contributed by atoms with van der Waals surface area (Å²) < 4.78 is 27.1. The number of fused-ring (bicyclic) bond motifs is 1. The van der Waals surface area contributed by atoms with Crippen LogP contribution in [0.15, 0.2) is 27.5 Å². The second kappa shape index (κ2) is 2.23. The second-order valence-electron chi connectivity index (χ2n) is 2.17. The number of halogens is 1. The van der Waals surface area contributed by atoms with Crippen LogP contribution in [0.4, 0.5) is 4.39 Å². The summed E-state index contributed by atoms with van der Waals surface area (Å²) in [5.41, 5.74) is 0.614. The quantitative estimate of drug-likeness (QED) is 0.575. The smallest absolute Gasteiger partial charge is 0.173 e. The molecule has 1 unspecified atom stereocenters. The van der Waals surface area contributed by atoms with Gasteiger partial charge in [0, 0.05) is 11.8 Å². The predicted molar refractivity (Wildman–Crippen MR) is 40.4 cm³/mol. The van der Waals surface area contributed by atoms with E-state index in [1.807, 2.05) is 0 Å². The van der Waals surface area contributed by atoms with Crippen molar-refractivity contribution in [3.8, 4) is 0 Å². The maximum Gasteiger partial charge on any atom is 0.173 e. The molecule has 4 heteroatoms. The topological polar surface area (TPSA) is 29.4 Å². The molecule has 0 amide bonds. The lowest BCUT2D eigenvalue weighted by atomic mass is 10.2. The summed E-state index contributed by atoms with van der Waals surface area (Å²) >= 11 is 0. The molecule has 0 bridgehead atoms. The zero-order chi connectivity index (χ0) is 7.84. The Hall–Kier alpha value is -1.03. The minimum absolute atomic E-state index is 0.325. The average molecular weight is 169 g/mol. The van der Waals surface area contributed by atoms with Crippen LogP contribution in [0.25, 0.3) is 0 Å². The summed E-state index contributed by atoms with van der Waals surface area (Å²) in [5.74, 6) is -0.325. The van der Waals surface area contributed by atoms with E-state index in [4.69, 9.17) is 0 Å². The average Bonchev–Trinajstić information content (AvgIpc) is 2.32. The van der Waals surface area contributed by atoms with Crippen LogP contribution in [-0.4, -0.2) is 10.4 Å². The van der Waals surface area contributed by atoms with Crippen molar-refractivity contribution in [1.29, 1.82) is 0 Å². The van der Waals surface area contributed by atoms with Gasteiger partial charge < -0.3 is 0 Å². The Labute approximate surface area is 65.4 Å². The van der Waals surface area contributed by atoms with Crippen molar-refractivity contribution in [1.82, 2.24) is 0 Å². The fourth-order valence-electron chi connectivity index (χ4n) is 0.941. The highest BCUT2D eigenvalue weighted by atomic mass is 32.2. The van der Waals surface area contributed by atoms with Gasteiger partial charge in [0.05, 0.1) is 4.90 Å². The molecule has 1 aromatic carbocycles. The highest BCUT2D eigenvalue weighted by molar-refractivity contribution is 7.84. The van der Waals surface area contributed by atoms with Crippen LogP contribution < -0.4 is 0 Å². The fraction of sp³-hybridized carbons (Fsp3) is 0. The van der Waals surface area contributed by atoms with E-state index >= 15 is 0 Å². The Balaban J connectivity index is 2.66. The van der Waals surface area contributed by atoms with E-state index in [0.29, 0.717) is 10.5 Å². The van der Waals surface area contributed by atoms with E-state index in [1.165, 1.54) is 24.4 Å². The van der Waals surface area contributed by atoms with Crippen LogP contribution in [-0.2, 0) is 11.0 Å². The number of hydrogen-bond acceptors (Lipinski definition) is 1. The molecule has 11 heavy (non-hydrogen) atoms. The molecule has 0 fully saturated rings. The third-order valence-corrected chi connectivity index (χ3v) is 2.49. The monoisotopic (exact) mass is 169 g/mol. The largest absolute Gasteiger partial charge is 0.229 e. The predicted octanol–water partition coefficient (Wildman–Crippen LogP) is 1.28. The van der Waals surface area contributed by atoms with Gasteiger partial charge in [-0.1, -0.05) is 0 Å². The lowest BCUT2D eigenvalue weighted by Gasteiger charge is -1.93. The summed E-state index contributed by atoms with van der Waals surface area (Å²) in [4.78, 5) is 0.589. The van der Waals surface area contributed by atoms with Crippen molar-refractivity contribution >= 4 is 17.2 Å². The molecule has 1 aliphatic heterocycles. The van der Waals surface area contributed by atoms with Gasteiger partial charge >= 0.3 is 0 Å². The molecule has 0 radical (unpaired) electrons. The summed E-state index contributed by atoms with van der Waals surface area (Å²) in [6.45, 7) is 0. The lowest BCUT2D eigenvalue weighted by molar-refractivity contribution is 0.626. The van der Waals surface area contributed by atoms with Gasteiger partial charge in [-0.2, -0.15) is 4.40 Å². The maximum absolute atomic E-state index is 12.5. The van der Waals surface area contributed by atoms with E-state index in [1.54, 1.807) is 0 Å². The summed E-state index contributed by atoms with van der Waals surface area (Å²) in [5, 5.41) is 0. The number of nitrogens with zero attached hydrogens (tertiary/aromatic N) is 1. The second-order valence-corrected chi connectivity index (χ2v) is 3.31. The highest BCUT2D eigenvalue weighted by Crippen LogP contribution is 2.19. The third kappa shape index (κ3) is 0.991. The van der Waals surface area contributed by atoms with Crippen LogP contribution in [0.1, 0.15) is 5.56 Å². The molecule has 0 aliphatic carbocycles. The van der Waals surface area contributed by atoms with E-state index in [2.05, 4.69) is 4.40 Å². The molecule has 1 aromatic rings. The van der Waals surface area contributed by atoms with Gasteiger partial charge in [0.2, 0.25) is 0 Å². The summed E-state index contributed by atoms with van der Waals surface area (Å²) in [7, 11) is -1.30. The molecule has 0 N–H and O–H groups in total. The molecular weight excluding hydrogens is 165 g/mol. The van der Waals surface area contributed by atoms with Crippen molar-refractivity contribution in [2.45, 2.75) is 4.90 Å². The lowest BCUT2D eigenvalue weighted by Crippen LogP contribution is -1.86. The molecule has 0 spiro atoms. The number of benzene rings is 1. The van der Waals surface area contributed by atoms with Gasteiger partial charge in [0.1, 0.15) is 5.82 Å². The van der Waals surface area contributed by atoms with Crippen molar-refractivity contribution < 1.29 is 8.60 Å². The van der Waals surface area contributed by atoms with Gasteiger partial charge in [-0.25, -0.2) is 8.60 Å². The van der Waals surface area contributed by atoms with Crippen molar-refractivity contribution in [2.24, 2.45) is 4.40 Å². The van der Waals surface area contributed by atoms with Gasteiger partial charge in [-0.15, -0.1) is 0 Å². The zero-order valence-corrected chi connectivity index (χ0v) is 6.27. The van der Waals surface area contributed by atoms with E-state index in [-0.39, 0.29) is 5.82 Å². The number of hydrogen-bond donors (Lipinski definition) is 0. The van der Waals surface area contributed by atoms with Crippen LogP contribution in [0.3, 0.4) is 0 Å². The van der Waals surface area contributed by atoms with Crippen LogP contribution >= 0.6 is 0 Å². The Morgan fingerprint density at radius 3 is 3.09 bits per heavy atom. The molecular formula is C7H4FNOS. The van der Waals surface area contributed by atoms with Crippen molar-refractivity contribution in [2.75, 3.05) is 0 Å². The maximum atomic E-state index is 12.5. The molecule has 56 valence electrons. The minimum atomic E-state index is -1.30. The number of rotatable bonds is 0. The molecule has 0 aromatic heterocycles. The normalized spacial score (nSPS) is 20.3. The van der Waals surface area contributed by atoms with E-state index < -0.39 is 11.0 Å². The summed E-state index contributed by atoms with van der Waals surface area (Å²) in [6.07, 6.45) is 1.43. The molecule has 0 saturated carbocycles. The SMILES string of the molecule is O=S1N=Cc2cc(F)ccc21. The van der Waals surface area contributed by atoms with Crippen LogP contribution in [0.2, 0.25) is 0 Å². The zero-order valence-electron chi connectivity index (χ0n) is 5.45. The first kappa shape index (κ1) is 6.67. The third-order valence-electron chi connectivity index (χ3n) is 1.45. The molecule has 1 aliphatic rings. The van der Waals surface area contributed by atoms with Crippen molar-refractivity contribution in [3.05, 3.63) is 29.6 Å². The van der Waals surface area contributed by atoms with Crippen molar-refractivity contribution in [3.63, 3.8) is 0 Å². The Morgan fingerprint density at radius 2 is 2.27 bits per heavy atom. The molecule has 1 atom stereocenters. The standard InChI is InChI=1S/C7H4FNOS/c8-6-1-2-7-5(3-6)4-9-11(7)10/h1-4H. The molecule has 2 rings (SSSR count). The Kier molecular flexibility index (Phi) is 1.35. The van der Waals surface area contributed by atoms with Gasteiger partial charge in [-0.05, 0) is 18.2 Å². The first-order chi connectivity index (χ1) is 5.27. The van der Waals surface area contributed by atoms with Gasteiger partial charge in [-0.3, -0.25) is 0 Å². The van der Waals surface area contributed by atoms with Crippen LogP contribution in [0, 0.1) is 5.82 Å². The van der Waals surface area contributed by atoms with Gasteiger partial charge in [0.25, 0.3) is 0 Å². The molecule has 2 nitrogen and oxygen atoms in total. The van der Waals surface area contributed by atoms with E-state index in [0.717, 1.165) is 0 Å². The molecule has 0 saturated heterocycles. The Morgan fingerprint density at radius 1 is 1.45 bits per heavy atom. The fourth-order valence-corrected chi connectivity index (χ4v) is 1.76. The van der Waals surface area contributed by atoms with E-state index in [9.17, 15) is 8.60 Å². The Bertz CT molecular complexity index is 361. The van der Waals surface area contributed by atoms with Crippen LogP contribution in [0.5, 0.6) is 0 Å². The first-order valence-corrected chi connectivity index (χ1v) is 4.13. The summed E-state index contributed by atoms with van der Waals surface area (Å²) in [6, 6.07) is 4.10. The first-order valence-electron chi connectivity index (χ1n) is 3.03.